The van der Waals surface area contributed by atoms with Crippen LogP contribution in [0.5, 0.6) is 0 Å². The smallest absolute Gasteiger partial charge is 0.246 e. The molecule has 0 bridgehead atoms. The Bertz CT molecular complexity index is 901. The molecule has 0 aliphatic carbocycles. The third-order valence-corrected chi connectivity index (χ3v) is 6.76. The number of carbonyl (C=O) groups is 1. The molecule has 142 valence electrons. The van der Waals surface area contributed by atoms with Crippen LogP contribution < -0.4 is 5.32 Å². The SMILES string of the molecule is Cc1c(S(=O)(=O)N2CCCC(C(=O)NCc3cnn(C)c3)C2)cnn1C. The second-order valence-electron chi connectivity index (χ2n) is 6.66. The maximum Gasteiger partial charge on any atom is 0.246 e. The third kappa shape index (κ3) is 3.65. The Morgan fingerprint density at radius 3 is 2.69 bits per heavy atom. The Labute approximate surface area is 153 Å². The van der Waals surface area contributed by atoms with Crippen molar-refractivity contribution in [1.29, 1.82) is 0 Å². The maximum atomic E-state index is 12.9. The van der Waals surface area contributed by atoms with Gasteiger partial charge >= 0.3 is 0 Å². The average molecular weight is 380 g/mol. The lowest BCUT2D eigenvalue weighted by molar-refractivity contribution is -0.126. The lowest BCUT2D eigenvalue weighted by atomic mass is 9.99. The van der Waals surface area contributed by atoms with E-state index in [-0.39, 0.29) is 23.3 Å². The second kappa shape index (κ2) is 7.20. The molecule has 1 atom stereocenters. The van der Waals surface area contributed by atoms with Crippen LogP contribution in [0, 0.1) is 12.8 Å². The molecule has 1 unspecified atom stereocenters. The van der Waals surface area contributed by atoms with Gasteiger partial charge in [-0.25, -0.2) is 8.42 Å². The van der Waals surface area contributed by atoms with E-state index in [1.807, 2.05) is 13.2 Å². The van der Waals surface area contributed by atoms with E-state index < -0.39 is 10.0 Å². The first-order valence-electron chi connectivity index (χ1n) is 8.53. The minimum Gasteiger partial charge on any atom is -0.352 e. The Hall–Kier alpha value is -2.20. The minimum atomic E-state index is -3.65. The van der Waals surface area contributed by atoms with Crippen LogP contribution in [0.1, 0.15) is 24.1 Å². The topological polar surface area (TPSA) is 102 Å². The molecule has 1 amide bonds. The molecule has 1 N–H and O–H groups in total. The van der Waals surface area contributed by atoms with Crippen molar-refractivity contribution in [2.24, 2.45) is 20.0 Å². The number of hydrogen-bond donors (Lipinski definition) is 1. The number of sulfonamides is 1. The number of nitrogens with one attached hydrogen (secondary N) is 1. The number of aromatic nitrogens is 4. The number of nitrogens with zero attached hydrogens (tertiary/aromatic N) is 5. The number of aryl methyl sites for hydroxylation is 2. The van der Waals surface area contributed by atoms with Crippen LogP contribution in [-0.4, -0.2) is 51.3 Å². The normalized spacial score (nSPS) is 18.8. The molecule has 1 fully saturated rings. The van der Waals surface area contributed by atoms with Gasteiger partial charge in [0, 0.05) is 45.5 Å². The molecule has 3 heterocycles. The van der Waals surface area contributed by atoms with Crippen molar-refractivity contribution in [1.82, 2.24) is 29.2 Å². The molecule has 26 heavy (non-hydrogen) atoms. The van der Waals surface area contributed by atoms with Crippen LogP contribution >= 0.6 is 0 Å². The van der Waals surface area contributed by atoms with E-state index in [2.05, 4.69) is 15.5 Å². The zero-order valence-electron chi connectivity index (χ0n) is 15.2. The van der Waals surface area contributed by atoms with Crippen LogP contribution in [-0.2, 0) is 35.5 Å². The highest BCUT2D eigenvalue weighted by Gasteiger charge is 2.34. The first-order chi connectivity index (χ1) is 12.3. The van der Waals surface area contributed by atoms with Crippen molar-refractivity contribution in [3.63, 3.8) is 0 Å². The van der Waals surface area contributed by atoms with Crippen LogP contribution in [0.15, 0.2) is 23.5 Å². The zero-order chi connectivity index (χ0) is 18.9. The standard InChI is InChI=1S/C16H24N6O3S/c1-12-15(9-19-21(12)3)26(24,25)22-6-4-5-14(11-22)16(23)17-7-13-8-18-20(2)10-13/h8-10,14H,4-7,11H2,1-3H3,(H,17,23). The fourth-order valence-corrected chi connectivity index (χ4v) is 4.85. The van der Waals surface area contributed by atoms with Crippen molar-refractivity contribution in [2.75, 3.05) is 13.1 Å². The van der Waals surface area contributed by atoms with Gasteiger partial charge in [0.25, 0.3) is 0 Å². The molecule has 10 heteroatoms. The average Bonchev–Trinajstić information content (AvgIpc) is 3.19. The predicted molar refractivity (Wildman–Crippen MR) is 94.5 cm³/mol. The summed E-state index contributed by atoms with van der Waals surface area (Å²) in [5.41, 5.74) is 1.50. The number of amides is 1. The summed E-state index contributed by atoms with van der Waals surface area (Å²) < 4.78 is 30.4. The first-order valence-corrected chi connectivity index (χ1v) is 9.97. The van der Waals surface area contributed by atoms with Crippen molar-refractivity contribution >= 4 is 15.9 Å². The highest BCUT2D eigenvalue weighted by molar-refractivity contribution is 7.89. The highest BCUT2D eigenvalue weighted by atomic mass is 32.2. The van der Waals surface area contributed by atoms with Crippen LogP contribution in [0.25, 0.3) is 0 Å². The Morgan fingerprint density at radius 1 is 1.31 bits per heavy atom. The molecule has 0 radical (unpaired) electrons. The molecule has 0 saturated carbocycles. The maximum absolute atomic E-state index is 12.9. The molecule has 1 saturated heterocycles. The van der Waals surface area contributed by atoms with Gasteiger partial charge < -0.3 is 5.32 Å². The molecule has 2 aromatic heterocycles. The van der Waals surface area contributed by atoms with E-state index in [1.165, 1.54) is 15.2 Å². The first kappa shape index (κ1) is 18.6. The summed E-state index contributed by atoms with van der Waals surface area (Å²) in [7, 11) is -0.123. The van der Waals surface area contributed by atoms with Gasteiger partial charge in [-0.15, -0.1) is 0 Å². The number of hydrogen-bond acceptors (Lipinski definition) is 5. The van der Waals surface area contributed by atoms with E-state index >= 15 is 0 Å². The summed E-state index contributed by atoms with van der Waals surface area (Å²) in [5, 5.41) is 11.0. The van der Waals surface area contributed by atoms with E-state index in [0.29, 0.717) is 31.6 Å². The molecular formula is C16H24N6O3S. The van der Waals surface area contributed by atoms with E-state index in [1.54, 1.807) is 24.9 Å². The lowest BCUT2D eigenvalue weighted by Crippen LogP contribution is -2.45. The van der Waals surface area contributed by atoms with Gasteiger partial charge in [-0.2, -0.15) is 14.5 Å². The van der Waals surface area contributed by atoms with Gasteiger partial charge in [-0.1, -0.05) is 0 Å². The van der Waals surface area contributed by atoms with Crippen molar-refractivity contribution in [2.45, 2.75) is 31.2 Å². The minimum absolute atomic E-state index is 0.128. The second-order valence-corrected chi connectivity index (χ2v) is 8.57. The van der Waals surface area contributed by atoms with Gasteiger partial charge in [-0.05, 0) is 19.8 Å². The molecule has 2 aromatic rings. The summed E-state index contributed by atoms with van der Waals surface area (Å²) in [6.07, 6.45) is 6.24. The van der Waals surface area contributed by atoms with Crippen LogP contribution in [0.4, 0.5) is 0 Å². The van der Waals surface area contributed by atoms with Gasteiger partial charge in [0.2, 0.25) is 15.9 Å². The third-order valence-electron chi connectivity index (χ3n) is 4.79. The Kier molecular flexibility index (Phi) is 5.15. The van der Waals surface area contributed by atoms with Crippen molar-refractivity contribution in [3.8, 4) is 0 Å². The van der Waals surface area contributed by atoms with Crippen LogP contribution in [0.3, 0.4) is 0 Å². The van der Waals surface area contributed by atoms with Crippen molar-refractivity contribution < 1.29 is 13.2 Å². The van der Waals surface area contributed by atoms with Gasteiger partial charge in [-0.3, -0.25) is 14.2 Å². The molecule has 3 rings (SSSR count). The molecule has 1 aliphatic heterocycles. The quantitative estimate of drug-likeness (QED) is 0.797. The molecule has 9 nitrogen and oxygen atoms in total. The van der Waals surface area contributed by atoms with Gasteiger partial charge in [0.1, 0.15) is 4.90 Å². The predicted octanol–water partition coefficient (Wildman–Crippen LogP) is 0.179. The molecule has 0 aromatic carbocycles. The van der Waals surface area contributed by atoms with E-state index in [9.17, 15) is 13.2 Å². The largest absolute Gasteiger partial charge is 0.352 e. The van der Waals surface area contributed by atoms with E-state index in [4.69, 9.17) is 0 Å². The molecule has 0 spiro atoms. The fraction of sp³-hybridized carbons (Fsp3) is 0.562. The fourth-order valence-electron chi connectivity index (χ4n) is 3.14. The van der Waals surface area contributed by atoms with Gasteiger partial charge in [0.05, 0.1) is 24.0 Å². The summed E-state index contributed by atoms with van der Waals surface area (Å²) in [4.78, 5) is 12.7. The number of piperidine rings is 1. The molecular weight excluding hydrogens is 356 g/mol. The number of carbonyl (C=O) groups excluding carboxylic acids is 1. The Balaban J connectivity index is 1.66. The zero-order valence-corrected chi connectivity index (χ0v) is 16.0. The highest BCUT2D eigenvalue weighted by Crippen LogP contribution is 2.25. The summed E-state index contributed by atoms with van der Waals surface area (Å²) in [5.74, 6) is -0.483. The Morgan fingerprint density at radius 2 is 2.08 bits per heavy atom. The van der Waals surface area contributed by atoms with Crippen LogP contribution in [0.2, 0.25) is 0 Å². The number of rotatable bonds is 5. The summed E-state index contributed by atoms with van der Waals surface area (Å²) in [6, 6.07) is 0. The van der Waals surface area contributed by atoms with Gasteiger partial charge in [0.15, 0.2) is 0 Å². The summed E-state index contributed by atoms with van der Waals surface area (Å²) >= 11 is 0. The molecule has 1 aliphatic rings. The summed E-state index contributed by atoms with van der Waals surface area (Å²) in [6.45, 7) is 2.72. The van der Waals surface area contributed by atoms with Crippen molar-refractivity contribution in [3.05, 3.63) is 29.8 Å². The monoisotopic (exact) mass is 380 g/mol. The van der Waals surface area contributed by atoms with E-state index in [0.717, 1.165) is 5.56 Å². The lowest BCUT2D eigenvalue weighted by Gasteiger charge is -2.31.